The fraction of sp³-hybridized carbons (Fsp3) is 0. The molecule has 0 saturated heterocycles. The second-order valence-corrected chi connectivity index (χ2v) is 5.75. The molecule has 0 amide bonds. The van der Waals surface area contributed by atoms with Crippen LogP contribution in [0.5, 0.6) is 0 Å². The van der Waals surface area contributed by atoms with Gasteiger partial charge in [0.25, 0.3) is 0 Å². The summed E-state index contributed by atoms with van der Waals surface area (Å²) >= 11 is -1.46. The highest BCUT2D eigenvalue weighted by atomic mass is 32.2. The van der Waals surface area contributed by atoms with Crippen molar-refractivity contribution in [2.45, 2.75) is 14.7 Å². The molecule has 0 aliphatic carbocycles. The summed E-state index contributed by atoms with van der Waals surface area (Å²) < 4.78 is 34.3. The first-order valence-corrected chi connectivity index (χ1v) is 7.23. The maximum Gasteiger partial charge on any atom is 0.176 e. The number of hydrogen-bond donors (Lipinski definition) is 1. The Hall–Kier alpha value is -1.30. The lowest BCUT2D eigenvalue weighted by Crippen LogP contribution is -2.04. The van der Waals surface area contributed by atoms with E-state index < -0.39 is 21.9 Å². The molecule has 1 atom stereocenters. The maximum absolute atomic E-state index is 12.2. The van der Waals surface area contributed by atoms with Gasteiger partial charge in [-0.2, -0.15) is 0 Å². The highest BCUT2D eigenvalue weighted by Gasteiger charge is 2.19. The normalized spacial score (nSPS) is 12.6. The molecule has 2 aromatic carbocycles. The predicted octanol–water partition coefficient (Wildman–Crippen LogP) is 1.82. The molecule has 0 aliphatic rings. The van der Waals surface area contributed by atoms with Crippen LogP contribution in [0.4, 0.5) is 0 Å². The van der Waals surface area contributed by atoms with Crippen LogP contribution in [0.3, 0.4) is 0 Å². The summed E-state index contributed by atoms with van der Waals surface area (Å²) in [6, 6.07) is 15.1. The Morgan fingerprint density at radius 3 is 2.12 bits per heavy atom. The standard InChI is InChI=1S/C12H10O3S2/c13-16(10-6-2-1-3-7-10)11-8-4-5-9-12(11)17(14)15/h1-9,17H. The van der Waals surface area contributed by atoms with Crippen molar-refractivity contribution >= 4 is 21.9 Å². The third-order valence-corrected chi connectivity index (χ3v) is 4.61. The Labute approximate surface area is 104 Å². The number of hydrogen-bond acceptors (Lipinski definition) is 3. The molecule has 0 bridgehead atoms. The summed E-state index contributed by atoms with van der Waals surface area (Å²) in [5.41, 5.74) is 0. The van der Waals surface area contributed by atoms with Gasteiger partial charge in [0.1, 0.15) is 4.90 Å². The second-order valence-electron chi connectivity index (χ2n) is 3.31. The van der Waals surface area contributed by atoms with Gasteiger partial charge in [0, 0.05) is 11.2 Å². The molecule has 2 rings (SSSR count). The van der Waals surface area contributed by atoms with E-state index in [1.165, 1.54) is 6.07 Å². The van der Waals surface area contributed by atoms with E-state index in [-0.39, 0.29) is 4.90 Å². The van der Waals surface area contributed by atoms with Crippen LogP contribution in [0.15, 0.2) is 69.3 Å². The van der Waals surface area contributed by atoms with E-state index in [2.05, 4.69) is 0 Å². The molecule has 2 aromatic rings. The zero-order valence-corrected chi connectivity index (χ0v) is 10.5. The minimum Gasteiger partial charge on any atom is -0.606 e. The molecule has 0 aromatic heterocycles. The number of thiol groups is 1. The molecule has 3 nitrogen and oxygen atoms in total. The van der Waals surface area contributed by atoms with Gasteiger partial charge in [-0.3, -0.25) is 0 Å². The summed E-state index contributed by atoms with van der Waals surface area (Å²) in [7, 11) is -2.73. The molecule has 0 spiro atoms. The smallest absolute Gasteiger partial charge is 0.176 e. The average molecular weight is 266 g/mol. The minimum atomic E-state index is -2.73. The van der Waals surface area contributed by atoms with Gasteiger partial charge in [-0.05, 0) is 24.3 Å². The van der Waals surface area contributed by atoms with E-state index in [1.807, 2.05) is 6.07 Å². The average Bonchev–Trinajstić information content (AvgIpc) is 2.39. The molecule has 17 heavy (non-hydrogen) atoms. The van der Waals surface area contributed by atoms with Crippen molar-refractivity contribution in [1.29, 1.82) is 0 Å². The van der Waals surface area contributed by atoms with E-state index in [4.69, 9.17) is 0 Å². The van der Waals surface area contributed by atoms with Crippen molar-refractivity contribution in [3.63, 3.8) is 0 Å². The van der Waals surface area contributed by atoms with Crippen molar-refractivity contribution < 1.29 is 13.0 Å². The van der Waals surface area contributed by atoms with Gasteiger partial charge in [-0.15, -0.1) is 0 Å². The Morgan fingerprint density at radius 2 is 1.47 bits per heavy atom. The SMILES string of the molecule is O=[SH](=O)c1ccccc1[S+]([O-])c1ccccc1. The largest absolute Gasteiger partial charge is 0.606 e. The molecule has 0 radical (unpaired) electrons. The van der Waals surface area contributed by atoms with Crippen molar-refractivity contribution in [2.75, 3.05) is 0 Å². The highest BCUT2D eigenvalue weighted by Crippen LogP contribution is 2.24. The Kier molecular flexibility index (Phi) is 3.83. The summed E-state index contributed by atoms with van der Waals surface area (Å²) in [5, 5.41) is 0. The van der Waals surface area contributed by atoms with Crippen molar-refractivity contribution in [1.82, 2.24) is 0 Å². The summed E-state index contributed by atoms with van der Waals surface area (Å²) in [4.78, 5) is 1.04. The molecule has 0 aliphatic heterocycles. The Bertz CT molecular complexity index is 571. The van der Waals surface area contributed by atoms with Gasteiger partial charge >= 0.3 is 0 Å². The quantitative estimate of drug-likeness (QED) is 0.681. The van der Waals surface area contributed by atoms with Crippen LogP contribution in [-0.4, -0.2) is 13.0 Å². The van der Waals surface area contributed by atoms with Gasteiger partial charge in [0.05, 0.1) is 0 Å². The number of benzene rings is 2. The van der Waals surface area contributed by atoms with Crippen LogP contribution in [-0.2, 0) is 21.9 Å². The number of rotatable bonds is 3. The van der Waals surface area contributed by atoms with Crippen molar-refractivity contribution in [3.05, 3.63) is 54.6 Å². The van der Waals surface area contributed by atoms with E-state index in [0.717, 1.165) is 0 Å². The van der Waals surface area contributed by atoms with Crippen LogP contribution in [0.25, 0.3) is 0 Å². The molecule has 0 N–H and O–H groups in total. The predicted molar refractivity (Wildman–Crippen MR) is 66.1 cm³/mol. The van der Waals surface area contributed by atoms with E-state index in [0.29, 0.717) is 9.79 Å². The lowest BCUT2D eigenvalue weighted by atomic mass is 10.4. The van der Waals surface area contributed by atoms with Gasteiger partial charge < -0.3 is 4.55 Å². The third kappa shape index (κ3) is 2.69. The molecule has 0 saturated carbocycles. The molecule has 1 unspecified atom stereocenters. The fourth-order valence-corrected chi connectivity index (χ4v) is 3.49. The lowest BCUT2D eigenvalue weighted by Gasteiger charge is -2.10. The summed E-state index contributed by atoms with van der Waals surface area (Å²) in [5.74, 6) is 0. The molecular formula is C12H10O3S2. The first-order valence-electron chi connectivity index (χ1n) is 4.90. The van der Waals surface area contributed by atoms with Crippen LogP contribution >= 0.6 is 0 Å². The molecule has 0 heterocycles. The monoisotopic (exact) mass is 266 g/mol. The first-order chi connectivity index (χ1) is 8.20. The second kappa shape index (κ2) is 5.35. The van der Waals surface area contributed by atoms with Gasteiger partial charge in [-0.25, -0.2) is 8.42 Å². The third-order valence-electron chi connectivity index (χ3n) is 2.22. The lowest BCUT2D eigenvalue weighted by molar-refractivity contribution is 0.589. The molecule has 88 valence electrons. The Morgan fingerprint density at radius 1 is 0.882 bits per heavy atom. The van der Waals surface area contributed by atoms with Crippen LogP contribution in [0, 0.1) is 0 Å². The zero-order chi connectivity index (χ0) is 12.3. The maximum atomic E-state index is 12.2. The molecular weight excluding hydrogens is 256 g/mol. The van der Waals surface area contributed by atoms with Crippen LogP contribution in [0.2, 0.25) is 0 Å². The van der Waals surface area contributed by atoms with Crippen molar-refractivity contribution in [2.24, 2.45) is 0 Å². The Balaban J connectivity index is 2.48. The highest BCUT2D eigenvalue weighted by molar-refractivity contribution is 7.92. The summed E-state index contributed by atoms with van der Waals surface area (Å²) in [6.07, 6.45) is 0. The van der Waals surface area contributed by atoms with Crippen LogP contribution in [0.1, 0.15) is 0 Å². The summed E-state index contributed by atoms with van der Waals surface area (Å²) in [6.45, 7) is 0. The van der Waals surface area contributed by atoms with E-state index in [9.17, 15) is 13.0 Å². The van der Waals surface area contributed by atoms with Crippen molar-refractivity contribution in [3.8, 4) is 0 Å². The molecule has 0 fully saturated rings. The molecule has 5 heteroatoms. The van der Waals surface area contributed by atoms with Crippen LogP contribution < -0.4 is 0 Å². The zero-order valence-electron chi connectivity index (χ0n) is 8.78. The topological polar surface area (TPSA) is 57.2 Å². The van der Waals surface area contributed by atoms with E-state index >= 15 is 0 Å². The minimum absolute atomic E-state index is 0.115. The van der Waals surface area contributed by atoms with Gasteiger partial charge in [0.2, 0.25) is 0 Å². The first kappa shape index (κ1) is 12.2. The van der Waals surface area contributed by atoms with Gasteiger partial charge in [-0.1, -0.05) is 30.3 Å². The van der Waals surface area contributed by atoms with Gasteiger partial charge in [0.15, 0.2) is 20.5 Å². The van der Waals surface area contributed by atoms with E-state index in [1.54, 1.807) is 42.5 Å². The fourth-order valence-electron chi connectivity index (χ4n) is 1.44.